The summed E-state index contributed by atoms with van der Waals surface area (Å²) >= 11 is 0. The first kappa shape index (κ1) is 14.8. The molecule has 0 aliphatic rings. The van der Waals surface area contributed by atoms with E-state index in [0.29, 0.717) is 12.1 Å². The smallest absolute Gasteiger partial charge is 0.258 e. The van der Waals surface area contributed by atoms with Crippen LogP contribution in [0.4, 0.5) is 5.69 Å². The number of hydrogen-bond acceptors (Lipinski definition) is 3. The van der Waals surface area contributed by atoms with E-state index in [1.165, 1.54) is 0 Å². The first-order valence-electron chi connectivity index (χ1n) is 6.76. The predicted molar refractivity (Wildman–Crippen MR) is 82.9 cm³/mol. The molecule has 1 amide bonds. The second kappa shape index (κ2) is 6.73. The number of carbonyl (C=O) groups excluding carboxylic acids is 1. The van der Waals surface area contributed by atoms with E-state index in [1.807, 2.05) is 25.1 Å². The molecule has 0 aliphatic carbocycles. The summed E-state index contributed by atoms with van der Waals surface area (Å²) in [5.41, 5.74) is 8.64. The molecule has 0 spiro atoms. The van der Waals surface area contributed by atoms with Crippen molar-refractivity contribution in [3.05, 3.63) is 47.3 Å². The van der Waals surface area contributed by atoms with Gasteiger partial charge in [-0.1, -0.05) is 18.8 Å². The average molecular weight is 282 g/mol. The topological polar surface area (TPSA) is 72.9 Å². The van der Waals surface area contributed by atoms with Gasteiger partial charge in [0.2, 0.25) is 0 Å². The molecule has 0 unspecified atom stereocenters. The highest BCUT2D eigenvalue weighted by Crippen LogP contribution is 2.19. The minimum atomic E-state index is -0.168. The molecule has 0 bridgehead atoms. The van der Waals surface area contributed by atoms with Crippen molar-refractivity contribution in [1.29, 1.82) is 0 Å². The van der Waals surface area contributed by atoms with E-state index in [1.54, 1.807) is 24.1 Å². The maximum Gasteiger partial charge on any atom is 0.258 e. The minimum absolute atomic E-state index is 0.168. The van der Waals surface area contributed by atoms with Crippen molar-refractivity contribution in [1.82, 2.24) is 9.78 Å². The largest absolute Gasteiger partial charge is 0.322 e. The molecule has 0 saturated carbocycles. The van der Waals surface area contributed by atoms with Gasteiger partial charge in [-0.2, -0.15) is 5.10 Å². The molecule has 0 fully saturated rings. The standard InChI is InChI=1S/C16H18N4O/c1-3-13-9-12(5-4-8-17)6-7-15(13)19-16(21)14-10-18-20(2)11-14/h6-7,9-11H,3,8,17H2,1-2H3,(H,19,21). The van der Waals surface area contributed by atoms with Crippen LogP contribution >= 0.6 is 0 Å². The Bertz CT molecular complexity index is 707. The van der Waals surface area contributed by atoms with E-state index in [0.717, 1.165) is 23.2 Å². The maximum atomic E-state index is 12.1. The third-order valence-electron chi connectivity index (χ3n) is 3.04. The fourth-order valence-electron chi connectivity index (χ4n) is 1.97. The van der Waals surface area contributed by atoms with E-state index >= 15 is 0 Å². The molecule has 1 heterocycles. The van der Waals surface area contributed by atoms with Crippen LogP contribution in [-0.4, -0.2) is 22.2 Å². The van der Waals surface area contributed by atoms with E-state index in [2.05, 4.69) is 22.3 Å². The summed E-state index contributed by atoms with van der Waals surface area (Å²) in [4.78, 5) is 12.1. The normalized spacial score (nSPS) is 9.86. The Labute approximate surface area is 124 Å². The lowest BCUT2D eigenvalue weighted by Gasteiger charge is -2.09. The summed E-state index contributed by atoms with van der Waals surface area (Å²) in [6.07, 6.45) is 4.03. The molecule has 1 aromatic heterocycles. The maximum absolute atomic E-state index is 12.1. The number of rotatable bonds is 3. The quantitative estimate of drug-likeness (QED) is 0.839. The number of aromatic nitrogens is 2. The zero-order valence-electron chi connectivity index (χ0n) is 12.2. The molecule has 2 aromatic rings. The summed E-state index contributed by atoms with van der Waals surface area (Å²) < 4.78 is 1.60. The van der Waals surface area contributed by atoms with Crippen molar-refractivity contribution in [2.45, 2.75) is 13.3 Å². The zero-order valence-corrected chi connectivity index (χ0v) is 12.2. The van der Waals surface area contributed by atoms with Crippen LogP contribution in [-0.2, 0) is 13.5 Å². The van der Waals surface area contributed by atoms with Crippen molar-refractivity contribution in [2.75, 3.05) is 11.9 Å². The Balaban J connectivity index is 2.21. The van der Waals surface area contributed by atoms with Crippen molar-refractivity contribution in [3.63, 3.8) is 0 Å². The van der Waals surface area contributed by atoms with Crippen molar-refractivity contribution < 1.29 is 4.79 Å². The van der Waals surface area contributed by atoms with Crippen LogP contribution in [0.1, 0.15) is 28.4 Å². The number of nitrogens with zero attached hydrogens (tertiary/aromatic N) is 2. The Morgan fingerprint density at radius 3 is 2.90 bits per heavy atom. The molecule has 0 atom stereocenters. The highest BCUT2D eigenvalue weighted by molar-refractivity contribution is 6.04. The number of nitrogens with one attached hydrogen (secondary N) is 1. The van der Waals surface area contributed by atoms with E-state index in [9.17, 15) is 4.79 Å². The Hall–Kier alpha value is -2.58. The molecule has 21 heavy (non-hydrogen) atoms. The molecule has 1 aromatic carbocycles. The van der Waals surface area contributed by atoms with Crippen molar-refractivity contribution in [2.24, 2.45) is 12.8 Å². The van der Waals surface area contributed by atoms with Crippen LogP contribution in [0.2, 0.25) is 0 Å². The van der Waals surface area contributed by atoms with Crippen LogP contribution in [0.25, 0.3) is 0 Å². The molecule has 2 rings (SSSR count). The summed E-state index contributed by atoms with van der Waals surface area (Å²) in [5.74, 6) is 5.65. The molecule has 0 radical (unpaired) electrons. The average Bonchev–Trinajstić information content (AvgIpc) is 2.92. The highest BCUT2D eigenvalue weighted by atomic mass is 16.1. The Kier molecular flexibility index (Phi) is 4.75. The lowest BCUT2D eigenvalue weighted by molar-refractivity contribution is 0.102. The van der Waals surface area contributed by atoms with Gasteiger partial charge in [0.25, 0.3) is 5.91 Å². The van der Waals surface area contributed by atoms with Gasteiger partial charge in [0.1, 0.15) is 0 Å². The SMILES string of the molecule is CCc1cc(C#CCN)ccc1NC(=O)c1cnn(C)c1. The summed E-state index contributed by atoms with van der Waals surface area (Å²) in [6, 6.07) is 5.72. The highest BCUT2D eigenvalue weighted by Gasteiger charge is 2.10. The van der Waals surface area contributed by atoms with Gasteiger partial charge in [0.05, 0.1) is 18.3 Å². The number of nitrogens with two attached hydrogens (primary N) is 1. The molecule has 0 saturated heterocycles. The third kappa shape index (κ3) is 3.71. The second-order valence-electron chi connectivity index (χ2n) is 4.59. The van der Waals surface area contributed by atoms with Crippen LogP contribution in [0.5, 0.6) is 0 Å². The van der Waals surface area contributed by atoms with Crippen LogP contribution < -0.4 is 11.1 Å². The van der Waals surface area contributed by atoms with Gasteiger partial charge in [0, 0.05) is 24.5 Å². The van der Waals surface area contributed by atoms with Crippen molar-refractivity contribution >= 4 is 11.6 Å². The fourth-order valence-corrected chi connectivity index (χ4v) is 1.97. The van der Waals surface area contributed by atoms with Gasteiger partial charge in [-0.05, 0) is 30.2 Å². The van der Waals surface area contributed by atoms with Gasteiger partial charge >= 0.3 is 0 Å². The number of aryl methyl sites for hydroxylation is 2. The van der Waals surface area contributed by atoms with Gasteiger partial charge in [0.15, 0.2) is 0 Å². The van der Waals surface area contributed by atoms with Crippen LogP contribution in [0, 0.1) is 11.8 Å². The van der Waals surface area contributed by atoms with Gasteiger partial charge in [-0.15, -0.1) is 0 Å². The first-order valence-corrected chi connectivity index (χ1v) is 6.76. The minimum Gasteiger partial charge on any atom is -0.322 e. The molecule has 5 heteroatoms. The van der Waals surface area contributed by atoms with E-state index in [-0.39, 0.29) is 5.91 Å². The van der Waals surface area contributed by atoms with E-state index in [4.69, 9.17) is 5.73 Å². The number of anilines is 1. The molecule has 108 valence electrons. The summed E-state index contributed by atoms with van der Waals surface area (Å²) in [6.45, 7) is 2.37. The fraction of sp³-hybridized carbons (Fsp3) is 0.250. The zero-order chi connectivity index (χ0) is 15.2. The monoisotopic (exact) mass is 282 g/mol. The van der Waals surface area contributed by atoms with Crippen LogP contribution in [0.3, 0.4) is 0 Å². The number of hydrogen-bond donors (Lipinski definition) is 2. The molecule has 0 aliphatic heterocycles. The summed E-state index contributed by atoms with van der Waals surface area (Å²) in [7, 11) is 1.78. The molecular weight excluding hydrogens is 264 g/mol. The lowest BCUT2D eigenvalue weighted by atomic mass is 10.1. The van der Waals surface area contributed by atoms with Gasteiger partial charge in [-0.25, -0.2) is 0 Å². The second-order valence-corrected chi connectivity index (χ2v) is 4.59. The first-order chi connectivity index (χ1) is 10.1. The number of amides is 1. The number of carbonyl (C=O) groups is 1. The summed E-state index contributed by atoms with van der Waals surface area (Å²) in [5, 5.41) is 6.90. The van der Waals surface area contributed by atoms with Gasteiger partial charge < -0.3 is 11.1 Å². The molecule has 5 nitrogen and oxygen atoms in total. The Morgan fingerprint density at radius 1 is 1.48 bits per heavy atom. The predicted octanol–water partition coefficient (Wildman–Crippen LogP) is 1.54. The van der Waals surface area contributed by atoms with Crippen molar-refractivity contribution in [3.8, 4) is 11.8 Å². The lowest BCUT2D eigenvalue weighted by Crippen LogP contribution is -2.12. The van der Waals surface area contributed by atoms with Crippen LogP contribution in [0.15, 0.2) is 30.6 Å². The van der Waals surface area contributed by atoms with E-state index < -0.39 is 0 Å². The Morgan fingerprint density at radius 2 is 2.29 bits per heavy atom. The molecular formula is C16H18N4O. The number of benzene rings is 1. The third-order valence-corrected chi connectivity index (χ3v) is 3.04. The van der Waals surface area contributed by atoms with Gasteiger partial charge in [-0.3, -0.25) is 9.48 Å². The molecule has 3 N–H and O–H groups in total.